The van der Waals surface area contributed by atoms with Crippen LogP contribution in [0.5, 0.6) is 0 Å². The molecule has 0 bridgehead atoms. The molecule has 0 saturated heterocycles. The summed E-state index contributed by atoms with van der Waals surface area (Å²) in [4.78, 5) is 0. The van der Waals surface area contributed by atoms with E-state index in [4.69, 9.17) is 0 Å². The van der Waals surface area contributed by atoms with Crippen LogP contribution >= 0.6 is 16.1 Å². The minimum Gasteiger partial charge on any atom is -0.284 e. The number of hydrogen-bond donors (Lipinski definition) is 0. The Bertz CT molecular complexity index is 1050. The summed E-state index contributed by atoms with van der Waals surface area (Å²) in [5.74, 6) is 0. The number of nitrogens with zero attached hydrogens (tertiary/aromatic N) is 2. The van der Waals surface area contributed by atoms with Gasteiger partial charge in [-0.25, -0.2) is 0 Å². The third kappa shape index (κ3) is 7.15. The Hall–Kier alpha value is -1.91. The summed E-state index contributed by atoms with van der Waals surface area (Å²) < 4.78 is 5.85. The van der Waals surface area contributed by atoms with Gasteiger partial charge in [0.15, 0.2) is 0 Å². The van der Waals surface area contributed by atoms with Crippen LogP contribution in [-0.4, -0.2) is 31.8 Å². The fourth-order valence-electron chi connectivity index (χ4n) is 4.41. The van der Waals surface area contributed by atoms with Crippen molar-refractivity contribution in [2.24, 2.45) is 0 Å². The Balaban J connectivity index is 1.87. The van der Waals surface area contributed by atoms with Gasteiger partial charge in [-0.3, -0.25) is 8.67 Å². The van der Waals surface area contributed by atoms with Gasteiger partial charge in [0, 0.05) is 22.8 Å². The van der Waals surface area contributed by atoms with Crippen molar-refractivity contribution in [3.8, 4) is 0 Å². The van der Waals surface area contributed by atoms with Gasteiger partial charge in [-0.15, -0.1) is 0 Å². The fourth-order valence-corrected chi connectivity index (χ4v) is 16.2. The first-order valence-electron chi connectivity index (χ1n) is 13.0. The van der Waals surface area contributed by atoms with Crippen molar-refractivity contribution in [3.05, 3.63) is 121 Å². The molecule has 192 valence electrons. The lowest BCUT2D eigenvalue weighted by Gasteiger charge is -2.49. The molecule has 0 unspecified atom stereocenters. The van der Waals surface area contributed by atoms with Crippen LogP contribution < -0.4 is 21.2 Å². The van der Waals surface area contributed by atoms with Crippen LogP contribution in [0.4, 0.5) is 0 Å². The summed E-state index contributed by atoms with van der Waals surface area (Å²) in [6.45, 7) is 16.1. The lowest BCUT2D eigenvalue weighted by molar-refractivity contribution is 0.514. The molecule has 0 saturated carbocycles. The number of benzene rings is 4. The first kappa shape index (κ1) is 28.1. The maximum absolute atomic E-state index is 2.92. The molecule has 37 heavy (non-hydrogen) atoms. The average Bonchev–Trinajstić information content (AvgIpc) is 2.89. The lowest BCUT2D eigenvalue weighted by atomic mass is 10.4. The maximum Gasteiger partial charge on any atom is 0.125 e. The van der Waals surface area contributed by atoms with Gasteiger partial charge in [0.2, 0.25) is 0 Å². The van der Waals surface area contributed by atoms with E-state index < -0.39 is 32.6 Å². The first-order valence-corrected chi connectivity index (χ1v) is 22.5. The number of hydrogen-bond acceptors (Lipinski definition) is 2. The Morgan fingerprint density at radius 2 is 0.622 bits per heavy atom. The highest BCUT2D eigenvalue weighted by Crippen LogP contribution is 2.48. The summed E-state index contributed by atoms with van der Waals surface area (Å²) in [6.07, 6.45) is 0. The van der Waals surface area contributed by atoms with Crippen molar-refractivity contribution in [2.75, 3.05) is 6.67 Å². The van der Waals surface area contributed by atoms with Gasteiger partial charge in [0.25, 0.3) is 0 Å². The highest BCUT2D eigenvalue weighted by molar-refractivity contribution is 7.73. The van der Waals surface area contributed by atoms with Gasteiger partial charge in [-0.2, -0.15) is 0 Å². The monoisotopic (exact) mass is 558 g/mol. The lowest BCUT2D eigenvalue weighted by Crippen LogP contribution is -2.56. The van der Waals surface area contributed by atoms with Gasteiger partial charge in [-0.1, -0.05) is 161 Å². The molecule has 0 aliphatic heterocycles. The molecular formula is C31H40N2P2Si2. The molecule has 0 atom stereocenters. The zero-order valence-corrected chi connectivity index (χ0v) is 26.8. The third-order valence-electron chi connectivity index (χ3n) is 6.30. The molecule has 0 amide bonds. The minimum atomic E-state index is -1.75. The van der Waals surface area contributed by atoms with Gasteiger partial charge in [0.1, 0.15) is 16.5 Å². The fraction of sp³-hybridized carbons (Fsp3) is 0.226. The second-order valence-corrected chi connectivity index (χ2v) is 26.0. The van der Waals surface area contributed by atoms with E-state index in [0.29, 0.717) is 0 Å². The molecule has 4 aromatic rings. The van der Waals surface area contributed by atoms with E-state index in [1.165, 1.54) is 21.2 Å². The zero-order chi connectivity index (χ0) is 26.5. The van der Waals surface area contributed by atoms with Crippen molar-refractivity contribution in [1.29, 1.82) is 0 Å². The average molecular weight is 559 g/mol. The van der Waals surface area contributed by atoms with E-state index in [1.807, 2.05) is 0 Å². The largest absolute Gasteiger partial charge is 0.284 e. The first-order chi connectivity index (χ1) is 17.7. The number of rotatable bonds is 10. The van der Waals surface area contributed by atoms with Gasteiger partial charge < -0.3 is 0 Å². The Morgan fingerprint density at radius 1 is 0.405 bits per heavy atom. The van der Waals surface area contributed by atoms with Crippen LogP contribution in [0.2, 0.25) is 39.3 Å². The van der Waals surface area contributed by atoms with E-state index in [2.05, 4.69) is 169 Å². The van der Waals surface area contributed by atoms with Crippen molar-refractivity contribution < 1.29 is 0 Å². The SMILES string of the molecule is C[Si](C)(C)N(CN(P(c1ccccc1)c1ccccc1)[Si](C)(C)C)P(c1ccccc1)c1ccccc1. The molecular weight excluding hydrogens is 518 g/mol. The van der Waals surface area contributed by atoms with Gasteiger partial charge in [-0.05, 0) is 21.2 Å². The van der Waals surface area contributed by atoms with E-state index >= 15 is 0 Å². The predicted octanol–water partition coefficient (Wildman–Crippen LogP) is 7.31. The van der Waals surface area contributed by atoms with Crippen LogP contribution in [0.15, 0.2) is 121 Å². The highest BCUT2D eigenvalue weighted by atomic mass is 31.1. The van der Waals surface area contributed by atoms with Crippen LogP contribution in [0.3, 0.4) is 0 Å². The Labute approximate surface area is 229 Å². The van der Waals surface area contributed by atoms with E-state index in [-0.39, 0.29) is 0 Å². The standard InChI is InChI=1S/C31H40N2P2Si2/c1-36(2,3)32(34(28-19-11-7-12-20-28)29-21-13-8-14-22-29)27-33(37(4,5)6)35(30-23-15-9-16-24-30)31-25-17-10-18-26-31/h7-26H,27H2,1-6H3. The van der Waals surface area contributed by atoms with Crippen LogP contribution in [-0.2, 0) is 0 Å². The van der Waals surface area contributed by atoms with Gasteiger partial charge in [0.05, 0.1) is 0 Å². The van der Waals surface area contributed by atoms with E-state index in [1.54, 1.807) is 0 Å². The molecule has 0 spiro atoms. The molecule has 0 fully saturated rings. The molecule has 0 aromatic heterocycles. The van der Waals surface area contributed by atoms with Crippen LogP contribution in [0, 0.1) is 0 Å². The van der Waals surface area contributed by atoms with Crippen LogP contribution in [0.1, 0.15) is 0 Å². The molecule has 4 rings (SSSR count). The summed E-state index contributed by atoms with van der Waals surface area (Å²) in [5, 5.41) is 5.74. The predicted molar refractivity (Wildman–Crippen MR) is 173 cm³/mol. The minimum absolute atomic E-state index is 0.659. The normalized spacial score (nSPS) is 12.6. The van der Waals surface area contributed by atoms with Crippen molar-refractivity contribution in [2.45, 2.75) is 39.3 Å². The summed E-state index contributed by atoms with van der Waals surface area (Å²) >= 11 is 0. The summed E-state index contributed by atoms with van der Waals surface area (Å²) in [7, 11) is -4.82. The van der Waals surface area contributed by atoms with Crippen molar-refractivity contribution >= 4 is 53.8 Å². The summed E-state index contributed by atoms with van der Waals surface area (Å²) in [6, 6.07) is 44.8. The Kier molecular flexibility index (Phi) is 9.35. The molecule has 0 aliphatic carbocycles. The van der Waals surface area contributed by atoms with E-state index in [0.717, 1.165) is 6.67 Å². The highest BCUT2D eigenvalue weighted by Gasteiger charge is 2.40. The molecule has 0 heterocycles. The topological polar surface area (TPSA) is 6.48 Å². The molecule has 0 radical (unpaired) electrons. The van der Waals surface area contributed by atoms with Gasteiger partial charge >= 0.3 is 0 Å². The molecule has 2 nitrogen and oxygen atoms in total. The van der Waals surface area contributed by atoms with E-state index in [9.17, 15) is 0 Å². The smallest absolute Gasteiger partial charge is 0.125 e. The third-order valence-corrected chi connectivity index (χ3v) is 18.9. The Morgan fingerprint density at radius 3 is 0.811 bits per heavy atom. The van der Waals surface area contributed by atoms with Crippen molar-refractivity contribution in [3.63, 3.8) is 0 Å². The van der Waals surface area contributed by atoms with Crippen LogP contribution in [0.25, 0.3) is 0 Å². The molecule has 4 aromatic carbocycles. The second-order valence-electron chi connectivity index (χ2n) is 11.2. The molecule has 6 heteroatoms. The molecule has 0 aliphatic rings. The second kappa shape index (κ2) is 12.3. The summed E-state index contributed by atoms with van der Waals surface area (Å²) in [5.41, 5.74) is 0. The molecule has 0 N–H and O–H groups in total. The van der Waals surface area contributed by atoms with Crippen molar-refractivity contribution in [1.82, 2.24) is 8.67 Å². The maximum atomic E-state index is 2.92. The zero-order valence-electron chi connectivity index (χ0n) is 23.0. The quantitative estimate of drug-likeness (QED) is 0.114.